The zero-order valence-corrected chi connectivity index (χ0v) is 10.2. The third-order valence-corrected chi connectivity index (χ3v) is 3.66. The van der Waals surface area contributed by atoms with Crippen LogP contribution >= 0.6 is 0 Å². The molecular weight excluding hydrogens is 172 g/mol. The molecule has 84 valence electrons. The quantitative estimate of drug-likeness (QED) is 0.726. The number of rotatable bonds is 5. The van der Waals surface area contributed by atoms with Crippen molar-refractivity contribution in [3.8, 4) is 0 Å². The Morgan fingerprint density at radius 1 is 1.43 bits per heavy atom. The molecule has 0 aromatic carbocycles. The van der Waals surface area contributed by atoms with E-state index in [0.29, 0.717) is 0 Å². The molecule has 0 amide bonds. The molecule has 1 fully saturated rings. The maximum Gasteiger partial charge on any atom is 0.00639 e. The van der Waals surface area contributed by atoms with E-state index >= 15 is 0 Å². The van der Waals surface area contributed by atoms with Gasteiger partial charge in [0.1, 0.15) is 0 Å². The lowest BCUT2D eigenvalue weighted by molar-refractivity contribution is 0.198. The molecule has 3 atom stereocenters. The van der Waals surface area contributed by atoms with Crippen LogP contribution in [0.25, 0.3) is 0 Å². The van der Waals surface area contributed by atoms with E-state index in [4.69, 9.17) is 0 Å². The largest absolute Gasteiger partial charge is 0.316 e. The van der Waals surface area contributed by atoms with Crippen molar-refractivity contribution in [2.75, 3.05) is 26.7 Å². The highest BCUT2D eigenvalue weighted by Crippen LogP contribution is 2.18. The summed E-state index contributed by atoms with van der Waals surface area (Å²) in [6.45, 7) is 10.7. The fraction of sp³-hybridized carbons (Fsp3) is 1.00. The zero-order chi connectivity index (χ0) is 10.6. The summed E-state index contributed by atoms with van der Waals surface area (Å²) in [6.07, 6.45) is 2.62. The van der Waals surface area contributed by atoms with Gasteiger partial charge in [0.15, 0.2) is 0 Å². The SMILES string of the molecule is CCCC(C)N(C)CC1CNCC1C. The molecule has 1 rings (SSSR count). The normalized spacial score (nSPS) is 29.8. The predicted molar refractivity (Wildman–Crippen MR) is 62.5 cm³/mol. The summed E-state index contributed by atoms with van der Waals surface area (Å²) in [7, 11) is 2.27. The van der Waals surface area contributed by atoms with Gasteiger partial charge in [-0.15, -0.1) is 0 Å². The Balaban J connectivity index is 2.28. The first-order chi connectivity index (χ1) is 6.65. The number of hydrogen-bond acceptors (Lipinski definition) is 2. The average Bonchev–Trinajstić information content (AvgIpc) is 2.52. The molecule has 0 aliphatic carbocycles. The smallest absolute Gasteiger partial charge is 0.00639 e. The van der Waals surface area contributed by atoms with E-state index in [9.17, 15) is 0 Å². The third kappa shape index (κ3) is 3.25. The summed E-state index contributed by atoms with van der Waals surface area (Å²) in [5.74, 6) is 1.71. The average molecular weight is 198 g/mol. The minimum Gasteiger partial charge on any atom is -0.316 e. The summed E-state index contributed by atoms with van der Waals surface area (Å²) in [4.78, 5) is 2.53. The summed E-state index contributed by atoms with van der Waals surface area (Å²) < 4.78 is 0. The minimum atomic E-state index is 0.743. The first kappa shape index (κ1) is 12.0. The van der Waals surface area contributed by atoms with Crippen molar-refractivity contribution in [2.45, 2.75) is 39.7 Å². The maximum absolute atomic E-state index is 3.47. The summed E-state index contributed by atoms with van der Waals surface area (Å²) in [5, 5.41) is 3.47. The fourth-order valence-electron chi connectivity index (χ4n) is 2.30. The van der Waals surface area contributed by atoms with Gasteiger partial charge in [0, 0.05) is 12.6 Å². The van der Waals surface area contributed by atoms with E-state index < -0.39 is 0 Å². The molecule has 1 aliphatic rings. The van der Waals surface area contributed by atoms with Crippen molar-refractivity contribution in [3.05, 3.63) is 0 Å². The van der Waals surface area contributed by atoms with Crippen LogP contribution in [0.3, 0.4) is 0 Å². The molecule has 2 nitrogen and oxygen atoms in total. The maximum atomic E-state index is 3.47. The fourth-order valence-corrected chi connectivity index (χ4v) is 2.30. The first-order valence-electron chi connectivity index (χ1n) is 6.06. The molecule has 14 heavy (non-hydrogen) atoms. The molecule has 1 saturated heterocycles. The highest BCUT2D eigenvalue weighted by Gasteiger charge is 2.24. The molecule has 1 heterocycles. The zero-order valence-electron chi connectivity index (χ0n) is 10.2. The minimum absolute atomic E-state index is 0.743. The van der Waals surface area contributed by atoms with Crippen LogP contribution < -0.4 is 5.32 Å². The van der Waals surface area contributed by atoms with Gasteiger partial charge in [0.2, 0.25) is 0 Å². The Bertz CT molecular complexity index is 158. The van der Waals surface area contributed by atoms with Gasteiger partial charge in [0.25, 0.3) is 0 Å². The van der Waals surface area contributed by atoms with Crippen LogP contribution in [0, 0.1) is 11.8 Å². The van der Waals surface area contributed by atoms with Crippen molar-refractivity contribution in [2.24, 2.45) is 11.8 Å². The molecule has 1 aliphatic heterocycles. The molecule has 0 aromatic rings. The van der Waals surface area contributed by atoms with Gasteiger partial charge in [-0.2, -0.15) is 0 Å². The van der Waals surface area contributed by atoms with Crippen LogP contribution in [0.2, 0.25) is 0 Å². The molecule has 0 radical (unpaired) electrons. The van der Waals surface area contributed by atoms with Crippen LogP contribution in [0.15, 0.2) is 0 Å². The van der Waals surface area contributed by atoms with Gasteiger partial charge in [0.05, 0.1) is 0 Å². The van der Waals surface area contributed by atoms with Crippen LogP contribution in [0.1, 0.15) is 33.6 Å². The van der Waals surface area contributed by atoms with Gasteiger partial charge in [-0.1, -0.05) is 20.3 Å². The standard InChI is InChI=1S/C12H26N2/c1-5-6-11(3)14(4)9-12-8-13-7-10(12)2/h10-13H,5-9H2,1-4H3. The van der Waals surface area contributed by atoms with Crippen LogP contribution in [0.5, 0.6) is 0 Å². The van der Waals surface area contributed by atoms with Gasteiger partial charge in [-0.3, -0.25) is 0 Å². The summed E-state index contributed by atoms with van der Waals surface area (Å²) in [6, 6.07) is 0.743. The Morgan fingerprint density at radius 3 is 2.64 bits per heavy atom. The van der Waals surface area contributed by atoms with Gasteiger partial charge in [-0.25, -0.2) is 0 Å². The highest BCUT2D eigenvalue weighted by atomic mass is 15.1. The molecule has 0 saturated carbocycles. The second kappa shape index (κ2) is 5.72. The van der Waals surface area contributed by atoms with E-state index in [1.165, 1.54) is 32.5 Å². The van der Waals surface area contributed by atoms with Gasteiger partial charge < -0.3 is 10.2 Å². The third-order valence-electron chi connectivity index (χ3n) is 3.66. The Hall–Kier alpha value is -0.0800. The van der Waals surface area contributed by atoms with Crippen molar-refractivity contribution in [1.82, 2.24) is 10.2 Å². The number of nitrogens with zero attached hydrogens (tertiary/aromatic N) is 1. The Kier molecular flexibility index (Phi) is 4.90. The molecule has 0 aromatic heterocycles. The van der Waals surface area contributed by atoms with Gasteiger partial charge in [-0.05, 0) is 45.3 Å². The molecular formula is C12H26N2. The Labute approximate surface area is 89.1 Å². The lowest BCUT2D eigenvalue weighted by atomic mass is 9.97. The summed E-state index contributed by atoms with van der Waals surface area (Å²) >= 11 is 0. The molecule has 0 bridgehead atoms. The first-order valence-corrected chi connectivity index (χ1v) is 6.06. The predicted octanol–water partition coefficient (Wildman–Crippen LogP) is 1.96. The lowest BCUT2D eigenvalue weighted by Crippen LogP contribution is -2.35. The van der Waals surface area contributed by atoms with E-state index in [1.54, 1.807) is 0 Å². The van der Waals surface area contributed by atoms with Gasteiger partial charge >= 0.3 is 0 Å². The number of nitrogens with one attached hydrogen (secondary N) is 1. The van der Waals surface area contributed by atoms with Crippen molar-refractivity contribution < 1.29 is 0 Å². The van der Waals surface area contributed by atoms with Crippen LogP contribution in [-0.2, 0) is 0 Å². The van der Waals surface area contributed by atoms with Crippen LogP contribution in [0.4, 0.5) is 0 Å². The van der Waals surface area contributed by atoms with E-state index in [-0.39, 0.29) is 0 Å². The highest BCUT2D eigenvalue weighted by molar-refractivity contribution is 4.81. The van der Waals surface area contributed by atoms with E-state index in [0.717, 1.165) is 17.9 Å². The van der Waals surface area contributed by atoms with E-state index in [2.05, 4.69) is 38.0 Å². The Morgan fingerprint density at radius 2 is 2.14 bits per heavy atom. The second-order valence-electron chi connectivity index (χ2n) is 4.97. The monoisotopic (exact) mass is 198 g/mol. The summed E-state index contributed by atoms with van der Waals surface area (Å²) in [5.41, 5.74) is 0. The van der Waals surface area contributed by atoms with Crippen molar-refractivity contribution in [1.29, 1.82) is 0 Å². The van der Waals surface area contributed by atoms with Crippen LogP contribution in [-0.4, -0.2) is 37.6 Å². The molecule has 3 unspecified atom stereocenters. The molecule has 1 N–H and O–H groups in total. The molecule has 2 heteroatoms. The van der Waals surface area contributed by atoms with E-state index in [1.807, 2.05) is 0 Å². The second-order valence-corrected chi connectivity index (χ2v) is 4.97. The number of hydrogen-bond donors (Lipinski definition) is 1. The molecule has 0 spiro atoms. The lowest BCUT2D eigenvalue weighted by Gasteiger charge is -2.28. The topological polar surface area (TPSA) is 15.3 Å². The van der Waals surface area contributed by atoms with Crippen molar-refractivity contribution >= 4 is 0 Å². The van der Waals surface area contributed by atoms with Crippen molar-refractivity contribution in [3.63, 3.8) is 0 Å².